The molecule has 1 atom stereocenters. The standard InChI is InChI=1S/C17H15ClN2O3/c1-23-17(22)12-7-9-20(15-5-3-2-4-11(12)15)16(21)13-6-8-19-10-14(13)18/h2-6,8,10,12H,7,9H2,1H3/t12-/m1/s1. The topological polar surface area (TPSA) is 59.5 Å². The van der Waals surface area contributed by atoms with Crippen LogP contribution in [0.2, 0.25) is 5.02 Å². The third kappa shape index (κ3) is 2.80. The Labute approximate surface area is 138 Å². The van der Waals surface area contributed by atoms with Crippen molar-refractivity contribution >= 4 is 29.2 Å². The lowest BCUT2D eigenvalue weighted by Crippen LogP contribution is -2.38. The summed E-state index contributed by atoms with van der Waals surface area (Å²) >= 11 is 6.08. The Morgan fingerprint density at radius 3 is 2.83 bits per heavy atom. The number of nitrogens with zero attached hydrogens (tertiary/aromatic N) is 2. The van der Waals surface area contributed by atoms with Crippen molar-refractivity contribution in [3.05, 3.63) is 58.9 Å². The molecule has 1 aromatic carbocycles. The van der Waals surface area contributed by atoms with E-state index in [-0.39, 0.29) is 17.8 Å². The maximum absolute atomic E-state index is 12.8. The lowest BCUT2D eigenvalue weighted by molar-refractivity contribution is -0.142. The van der Waals surface area contributed by atoms with Crippen LogP contribution < -0.4 is 4.90 Å². The second kappa shape index (κ2) is 6.38. The number of benzene rings is 1. The molecular weight excluding hydrogens is 316 g/mol. The number of aromatic nitrogens is 1. The molecule has 3 rings (SSSR count). The van der Waals surface area contributed by atoms with Gasteiger partial charge in [0.2, 0.25) is 0 Å². The van der Waals surface area contributed by atoms with Crippen LogP contribution in [0, 0.1) is 0 Å². The molecule has 118 valence electrons. The Bertz CT molecular complexity index is 763. The van der Waals surface area contributed by atoms with E-state index in [1.54, 1.807) is 11.0 Å². The zero-order valence-corrected chi connectivity index (χ0v) is 13.3. The van der Waals surface area contributed by atoms with E-state index in [0.717, 1.165) is 5.56 Å². The minimum atomic E-state index is -0.354. The number of rotatable bonds is 2. The first kappa shape index (κ1) is 15.5. The van der Waals surface area contributed by atoms with Gasteiger partial charge in [-0.3, -0.25) is 14.6 Å². The quantitative estimate of drug-likeness (QED) is 0.794. The van der Waals surface area contributed by atoms with Gasteiger partial charge in [-0.05, 0) is 24.1 Å². The van der Waals surface area contributed by atoms with Gasteiger partial charge in [0, 0.05) is 24.6 Å². The Morgan fingerprint density at radius 1 is 1.30 bits per heavy atom. The van der Waals surface area contributed by atoms with Crippen LogP contribution in [0.1, 0.15) is 28.3 Å². The van der Waals surface area contributed by atoms with Crippen molar-refractivity contribution in [2.45, 2.75) is 12.3 Å². The monoisotopic (exact) mass is 330 g/mol. The van der Waals surface area contributed by atoms with Gasteiger partial charge in [0.05, 0.1) is 23.6 Å². The summed E-state index contributed by atoms with van der Waals surface area (Å²) in [6, 6.07) is 8.97. The average molecular weight is 331 g/mol. The number of carbonyl (C=O) groups is 2. The van der Waals surface area contributed by atoms with E-state index in [1.807, 2.05) is 24.3 Å². The number of pyridine rings is 1. The minimum Gasteiger partial charge on any atom is -0.469 e. The number of esters is 1. The molecule has 0 saturated heterocycles. The van der Waals surface area contributed by atoms with Gasteiger partial charge < -0.3 is 9.64 Å². The lowest BCUT2D eigenvalue weighted by Gasteiger charge is -2.33. The Hall–Kier alpha value is -2.40. The van der Waals surface area contributed by atoms with E-state index in [1.165, 1.54) is 19.5 Å². The fourth-order valence-corrected chi connectivity index (χ4v) is 3.05. The first-order valence-corrected chi connectivity index (χ1v) is 7.59. The predicted octanol–water partition coefficient (Wildman–Crippen LogP) is 3.04. The van der Waals surface area contributed by atoms with Crippen LogP contribution in [-0.2, 0) is 9.53 Å². The van der Waals surface area contributed by atoms with Crippen LogP contribution in [-0.4, -0.2) is 30.5 Å². The number of carbonyl (C=O) groups excluding carboxylic acids is 2. The number of ether oxygens (including phenoxy) is 1. The van der Waals surface area contributed by atoms with Gasteiger partial charge in [-0.1, -0.05) is 29.8 Å². The van der Waals surface area contributed by atoms with E-state index in [0.29, 0.717) is 29.2 Å². The van der Waals surface area contributed by atoms with Crippen molar-refractivity contribution in [3.63, 3.8) is 0 Å². The maximum atomic E-state index is 12.8. The number of fused-ring (bicyclic) bond motifs is 1. The van der Waals surface area contributed by atoms with Crippen LogP contribution in [0.5, 0.6) is 0 Å². The number of halogens is 1. The predicted molar refractivity (Wildman–Crippen MR) is 86.7 cm³/mol. The molecule has 0 N–H and O–H groups in total. The molecule has 0 aliphatic carbocycles. The van der Waals surface area contributed by atoms with E-state index in [2.05, 4.69) is 4.98 Å². The van der Waals surface area contributed by atoms with Gasteiger partial charge in [0.1, 0.15) is 0 Å². The average Bonchev–Trinajstić information content (AvgIpc) is 2.60. The number of hydrogen-bond donors (Lipinski definition) is 0. The maximum Gasteiger partial charge on any atom is 0.313 e. The summed E-state index contributed by atoms with van der Waals surface area (Å²) in [5.41, 5.74) is 1.91. The first-order valence-electron chi connectivity index (χ1n) is 7.21. The summed E-state index contributed by atoms with van der Waals surface area (Å²) < 4.78 is 4.87. The molecule has 1 aliphatic heterocycles. The third-order valence-corrected chi connectivity index (χ3v) is 4.28. The number of hydrogen-bond acceptors (Lipinski definition) is 4. The molecule has 5 nitrogen and oxygen atoms in total. The summed E-state index contributed by atoms with van der Waals surface area (Å²) in [5, 5.41) is 0.310. The molecule has 6 heteroatoms. The molecule has 2 aromatic rings. The zero-order chi connectivity index (χ0) is 16.4. The molecule has 0 saturated carbocycles. The number of amides is 1. The summed E-state index contributed by atoms with van der Waals surface area (Å²) in [7, 11) is 1.37. The molecule has 1 amide bonds. The number of methoxy groups -OCH3 is 1. The fraction of sp³-hybridized carbons (Fsp3) is 0.235. The first-order chi connectivity index (χ1) is 11.1. The SMILES string of the molecule is COC(=O)[C@@H]1CCN(C(=O)c2ccncc2Cl)c2ccccc21. The highest BCUT2D eigenvalue weighted by Crippen LogP contribution is 2.37. The van der Waals surface area contributed by atoms with Gasteiger partial charge in [0.25, 0.3) is 5.91 Å². The Morgan fingerprint density at radius 2 is 2.09 bits per heavy atom. The van der Waals surface area contributed by atoms with Crippen molar-refractivity contribution in [3.8, 4) is 0 Å². The largest absolute Gasteiger partial charge is 0.469 e. The molecule has 1 aliphatic rings. The highest BCUT2D eigenvalue weighted by Gasteiger charge is 2.33. The van der Waals surface area contributed by atoms with E-state index >= 15 is 0 Å². The van der Waals surface area contributed by atoms with E-state index in [9.17, 15) is 9.59 Å². The van der Waals surface area contributed by atoms with Crippen LogP contribution in [0.3, 0.4) is 0 Å². The van der Waals surface area contributed by atoms with Crippen molar-refractivity contribution < 1.29 is 14.3 Å². The zero-order valence-electron chi connectivity index (χ0n) is 12.5. The number of anilines is 1. The molecule has 0 fully saturated rings. The summed E-state index contributed by atoms with van der Waals surface area (Å²) in [6.07, 6.45) is 3.49. The van der Waals surface area contributed by atoms with Crippen LogP contribution in [0.4, 0.5) is 5.69 Å². The van der Waals surface area contributed by atoms with Crippen LogP contribution >= 0.6 is 11.6 Å². The molecule has 23 heavy (non-hydrogen) atoms. The molecule has 2 heterocycles. The third-order valence-electron chi connectivity index (χ3n) is 3.98. The van der Waals surface area contributed by atoms with Crippen molar-refractivity contribution in [2.24, 2.45) is 0 Å². The minimum absolute atomic E-state index is 0.201. The van der Waals surface area contributed by atoms with Gasteiger partial charge in [-0.15, -0.1) is 0 Å². The van der Waals surface area contributed by atoms with Crippen molar-refractivity contribution in [2.75, 3.05) is 18.6 Å². The van der Waals surface area contributed by atoms with Crippen LogP contribution in [0.25, 0.3) is 0 Å². The fourth-order valence-electron chi connectivity index (χ4n) is 2.85. The molecule has 0 bridgehead atoms. The summed E-state index contributed by atoms with van der Waals surface area (Å²) in [6.45, 7) is 0.425. The smallest absolute Gasteiger partial charge is 0.313 e. The van der Waals surface area contributed by atoms with Crippen molar-refractivity contribution in [1.29, 1.82) is 0 Å². The molecule has 0 radical (unpaired) electrons. The molecular formula is C17H15ClN2O3. The molecule has 1 aromatic heterocycles. The van der Waals surface area contributed by atoms with Crippen LogP contribution in [0.15, 0.2) is 42.7 Å². The second-order valence-electron chi connectivity index (χ2n) is 5.24. The van der Waals surface area contributed by atoms with Crippen molar-refractivity contribution in [1.82, 2.24) is 4.98 Å². The van der Waals surface area contributed by atoms with E-state index in [4.69, 9.17) is 16.3 Å². The Kier molecular flexibility index (Phi) is 4.30. The van der Waals surface area contributed by atoms with Gasteiger partial charge in [0.15, 0.2) is 0 Å². The molecule has 0 unspecified atom stereocenters. The normalized spacial score (nSPS) is 16.6. The lowest BCUT2D eigenvalue weighted by atomic mass is 9.89. The highest BCUT2D eigenvalue weighted by atomic mass is 35.5. The second-order valence-corrected chi connectivity index (χ2v) is 5.64. The summed E-state index contributed by atoms with van der Waals surface area (Å²) in [5.74, 6) is -0.840. The van der Waals surface area contributed by atoms with Gasteiger partial charge >= 0.3 is 5.97 Å². The summed E-state index contributed by atoms with van der Waals surface area (Å²) in [4.78, 5) is 30.4. The van der Waals surface area contributed by atoms with E-state index < -0.39 is 0 Å². The van der Waals surface area contributed by atoms with Gasteiger partial charge in [-0.25, -0.2) is 0 Å². The highest BCUT2D eigenvalue weighted by molar-refractivity contribution is 6.34. The molecule has 0 spiro atoms. The Balaban J connectivity index is 2.00. The van der Waals surface area contributed by atoms with Gasteiger partial charge in [-0.2, -0.15) is 0 Å². The number of para-hydroxylation sites is 1.